The molecular weight excluding hydrogens is 164 g/mol. The molecule has 3 saturated carbocycles. The third kappa shape index (κ3) is 0.816. The smallest absolute Gasteiger partial charge is 0.0468 e. The zero-order valence-corrected chi connectivity index (χ0v) is 8.75. The Hall–Kier alpha value is -0.0800. The van der Waals surface area contributed by atoms with Crippen molar-refractivity contribution in [2.24, 2.45) is 28.6 Å². The van der Waals surface area contributed by atoms with Crippen molar-refractivity contribution in [2.75, 3.05) is 13.2 Å². The maximum atomic E-state index is 9.35. The molecule has 0 spiro atoms. The van der Waals surface area contributed by atoms with Crippen molar-refractivity contribution in [2.45, 2.75) is 27.2 Å². The van der Waals surface area contributed by atoms with Gasteiger partial charge < -0.3 is 10.2 Å². The SMILES string of the molecule is CC1(C)C2CC1(C)C(CO)C2CO. The Morgan fingerprint density at radius 3 is 2.08 bits per heavy atom. The lowest BCUT2D eigenvalue weighted by Gasteiger charge is -2.54. The van der Waals surface area contributed by atoms with Crippen LogP contribution >= 0.6 is 0 Å². The van der Waals surface area contributed by atoms with E-state index in [1.54, 1.807) is 0 Å². The minimum atomic E-state index is 0.238. The third-order valence-electron chi connectivity index (χ3n) is 5.30. The second kappa shape index (κ2) is 2.48. The molecule has 0 aliphatic heterocycles. The van der Waals surface area contributed by atoms with E-state index in [-0.39, 0.29) is 18.6 Å². The fourth-order valence-electron chi connectivity index (χ4n) is 3.93. The molecule has 4 atom stereocenters. The van der Waals surface area contributed by atoms with Gasteiger partial charge in [0.15, 0.2) is 0 Å². The van der Waals surface area contributed by atoms with Crippen LogP contribution in [0.5, 0.6) is 0 Å². The lowest BCUT2D eigenvalue weighted by Crippen LogP contribution is -2.48. The van der Waals surface area contributed by atoms with Crippen molar-refractivity contribution in [3.63, 3.8) is 0 Å². The van der Waals surface area contributed by atoms with Crippen molar-refractivity contribution in [3.05, 3.63) is 0 Å². The highest BCUT2D eigenvalue weighted by atomic mass is 16.3. The second-order valence-electron chi connectivity index (χ2n) is 5.59. The Kier molecular flexibility index (Phi) is 1.81. The van der Waals surface area contributed by atoms with Gasteiger partial charge in [-0.3, -0.25) is 0 Å². The Morgan fingerprint density at radius 2 is 1.77 bits per heavy atom. The summed E-state index contributed by atoms with van der Waals surface area (Å²) in [4.78, 5) is 0. The zero-order chi connectivity index (χ0) is 9.85. The van der Waals surface area contributed by atoms with Gasteiger partial charge in [-0.1, -0.05) is 20.8 Å². The highest BCUT2D eigenvalue weighted by Crippen LogP contribution is 2.74. The van der Waals surface area contributed by atoms with Crippen molar-refractivity contribution in [1.82, 2.24) is 0 Å². The minimum absolute atomic E-state index is 0.238. The molecule has 4 unspecified atom stereocenters. The standard InChI is InChI=1S/C11H20O2/c1-10(2)8-4-11(10,3)9(6-13)7(8)5-12/h7-9,12-13H,4-6H2,1-3H3. The summed E-state index contributed by atoms with van der Waals surface area (Å²) >= 11 is 0. The van der Waals surface area contributed by atoms with Crippen molar-refractivity contribution >= 4 is 0 Å². The van der Waals surface area contributed by atoms with E-state index in [2.05, 4.69) is 20.8 Å². The Balaban J connectivity index is 2.30. The summed E-state index contributed by atoms with van der Waals surface area (Å²) in [6, 6.07) is 0. The molecule has 2 bridgehead atoms. The maximum absolute atomic E-state index is 9.35. The molecule has 0 heterocycles. The summed E-state index contributed by atoms with van der Waals surface area (Å²) in [7, 11) is 0. The molecule has 76 valence electrons. The van der Waals surface area contributed by atoms with E-state index in [0.29, 0.717) is 23.2 Å². The zero-order valence-electron chi connectivity index (χ0n) is 8.75. The molecule has 2 N–H and O–H groups in total. The summed E-state index contributed by atoms with van der Waals surface area (Å²) < 4.78 is 0. The van der Waals surface area contributed by atoms with Crippen LogP contribution in [0.25, 0.3) is 0 Å². The lowest BCUT2D eigenvalue weighted by molar-refractivity contribution is -0.0691. The summed E-state index contributed by atoms with van der Waals surface area (Å²) in [5.74, 6) is 1.28. The van der Waals surface area contributed by atoms with Gasteiger partial charge in [0.2, 0.25) is 0 Å². The van der Waals surface area contributed by atoms with Crippen molar-refractivity contribution < 1.29 is 10.2 Å². The molecule has 2 heteroatoms. The van der Waals surface area contributed by atoms with Crippen LogP contribution in [0.15, 0.2) is 0 Å². The van der Waals surface area contributed by atoms with Crippen LogP contribution in [0.4, 0.5) is 0 Å². The van der Waals surface area contributed by atoms with Crippen LogP contribution in [-0.4, -0.2) is 23.4 Å². The largest absolute Gasteiger partial charge is 0.396 e. The fraction of sp³-hybridized carbons (Fsp3) is 1.00. The van der Waals surface area contributed by atoms with Gasteiger partial charge in [0.1, 0.15) is 0 Å². The number of fused-ring (bicyclic) bond motifs is 1. The molecule has 0 aromatic carbocycles. The minimum Gasteiger partial charge on any atom is -0.396 e. The fourth-order valence-corrected chi connectivity index (χ4v) is 3.93. The van der Waals surface area contributed by atoms with Gasteiger partial charge in [0.05, 0.1) is 0 Å². The Labute approximate surface area is 80.0 Å². The number of hydrogen-bond donors (Lipinski definition) is 2. The Morgan fingerprint density at radius 1 is 1.15 bits per heavy atom. The van der Waals surface area contributed by atoms with Crippen LogP contribution in [0.1, 0.15) is 27.2 Å². The van der Waals surface area contributed by atoms with Crippen molar-refractivity contribution in [1.29, 1.82) is 0 Å². The lowest BCUT2D eigenvalue weighted by atomic mass is 9.50. The molecule has 2 nitrogen and oxygen atoms in total. The van der Waals surface area contributed by atoms with E-state index in [0.717, 1.165) is 0 Å². The third-order valence-corrected chi connectivity index (χ3v) is 5.30. The highest BCUT2D eigenvalue weighted by Gasteiger charge is 2.70. The van der Waals surface area contributed by atoms with Gasteiger partial charge >= 0.3 is 0 Å². The topological polar surface area (TPSA) is 40.5 Å². The van der Waals surface area contributed by atoms with Crippen LogP contribution in [0, 0.1) is 28.6 Å². The highest BCUT2D eigenvalue weighted by molar-refractivity contribution is 5.18. The first kappa shape index (κ1) is 9.47. The quantitative estimate of drug-likeness (QED) is 0.678. The van der Waals surface area contributed by atoms with Gasteiger partial charge in [0.25, 0.3) is 0 Å². The molecule has 0 aromatic rings. The molecule has 0 amide bonds. The van der Waals surface area contributed by atoms with Crippen LogP contribution in [0.2, 0.25) is 0 Å². The average molecular weight is 184 g/mol. The van der Waals surface area contributed by atoms with Crippen molar-refractivity contribution in [3.8, 4) is 0 Å². The number of rotatable bonds is 2. The van der Waals surface area contributed by atoms with E-state index in [9.17, 15) is 10.2 Å². The number of aliphatic hydroxyl groups is 2. The molecular formula is C11H20O2. The predicted molar refractivity (Wildman–Crippen MR) is 51.1 cm³/mol. The first-order valence-corrected chi connectivity index (χ1v) is 5.20. The van der Waals surface area contributed by atoms with E-state index in [1.807, 2.05) is 0 Å². The van der Waals surface area contributed by atoms with Gasteiger partial charge in [-0.15, -0.1) is 0 Å². The predicted octanol–water partition coefficient (Wildman–Crippen LogP) is 1.27. The van der Waals surface area contributed by atoms with E-state index in [4.69, 9.17) is 0 Å². The Bertz CT molecular complexity index is 224. The monoisotopic (exact) mass is 184 g/mol. The van der Waals surface area contributed by atoms with Gasteiger partial charge in [-0.25, -0.2) is 0 Å². The summed E-state index contributed by atoms with van der Waals surface area (Å²) in [5, 5.41) is 18.7. The first-order valence-electron chi connectivity index (χ1n) is 5.20. The molecule has 3 fully saturated rings. The molecule has 13 heavy (non-hydrogen) atoms. The van der Waals surface area contributed by atoms with Gasteiger partial charge in [0, 0.05) is 13.2 Å². The maximum Gasteiger partial charge on any atom is 0.0468 e. The average Bonchev–Trinajstić information content (AvgIpc) is 2.48. The van der Waals surface area contributed by atoms with Gasteiger partial charge in [-0.2, -0.15) is 0 Å². The molecule has 3 rings (SSSR count). The van der Waals surface area contributed by atoms with E-state index >= 15 is 0 Å². The first-order chi connectivity index (χ1) is 5.99. The van der Waals surface area contributed by atoms with Gasteiger partial charge in [-0.05, 0) is 35.0 Å². The van der Waals surface area contributed by atoms with Crippen LogP contribution < -0.4 is 0 Å². The summed E-state index contributed by atoms with van der Waals surface area (Å²) in [6.45, 7) is 7.30. The molecule has 0 saturated heterocycles. The molecule has 3 aliphatic carbocycles. The number of aliphatic hydroxyl groups excluding tert-OH is 2. The number of hydrogen-bond acceptors (Lipinski definition) is 2. The summed E-state index contributed by atoms with van der Waals surface area (Å²) in [5.41, 5.74) is 0.577. The van der Waals surface area contributed by atoms with E-state index < -0.39 is 0 Å². The normalized spacial score (nSPS) is 51.9. The summed E-state index contributed by atoms with van der Waals surface area (Å²) in [6.07, 6.45) is 1.19. The van der Waals surface area contributed by atoms with E-state index in [1.165, 1.54) is 6.42 Å². The molecule has 0 radical (unpaired) electrons. The molecule has 3 aliphatic rings. The molecule has 0 aromatic heterocycles. The second-order valence-corrected chi connectivity index (χ2v) is 5.59. The van der Waals surface area contributed by atoms with Crippen LogP contribution in [-0.2, 0) is 0 Å². The van der Waals surface area contributed by atoms with Crippen LogP contribution in [0.3, 0.4) is 0 Å².